The number of fused-ring (bicyclic) bond motifs is 1. The van der Waals surface area contributed by atoms with E-state index in [9.17, 15) is 4.79 Å². The molecule has 2 N–H and O–H groups in total. The van der Waals surface area contributed by atoms with Gasteiger partial charge in [-0.15, -0.1) is 0 Å². The Balaban J connectivity index is 1.95. The number of likely N-dealkylation sites (N-methyl/N-ethyl adjacent to an activating group) is 1. The zero-order valence-electron chi connectivity index (χ0n) is 12.0. The van der Waals surface area contributed by atoms with Crippen LogP contribution in [0.2, 0.25) is 0 Å². The Labute approximate surface area is 118 Å². The molecule has 0 amide bonds. The predicted molar refractivity (Wildman–Crippen MR) is 82.4 cm³/mol. The molecule has 0 saturated carbocycles. The van der Waals surface area contributed by atoms with Gasteiger partial charge >= 0.3 is 0 Å². The SMILES string of the molecule is COCCN(C)CCNc1cc2ccccc2c(=O)[nH]1. The van der Waals surface area contributed by atoms with Crippen molar-refractivity contribution in [3.8, 4) is 0 Å². The highest BCUT2D eigenvalue weighted by Gasteiger charge is 2.02. The van der Waals surface area contributed by atoms with Gasteiger partial charge in [0.15, 0.2) is 0 Å². The average molecular weight is 275 g/mol. The molecule has 2 aromatic rings. The third-order valence-electron chi connectivity index (χ3n) is 3.24. The van der Waals surface area contributed by atoms with Crippen molar-refractivity contribution in [2.45, 2.75) is 0 Å². The fourth-order valence-electron chi connectivity index (χ4n) is 2.05. The van der Waals surface area contributed by atoms with Gasteiger partial charge in [-0.25, -0.2) is 0 Å². The average Bonchev–Trinajstić information content (AvgIpc) is 2.45. The number of pyridine rings is 1. The fourth-order valence-corrected chi connectivity index (χ4v) is 2.05. The Morgan fingerprint density at radius 3 is 2.90 bits per heavy atom. The van der Waals surface area contributed by atoms with E-state index in [1.54, 1.807) is 7.11 Å². The van der Waals surface area contributed by atoms with Crippen molar-refractivity contribution in [3.05, 3.63) is 40.7 Å². The van der Waals surface area contributed by atoms with Crippen LogP contribution in [-0.2, 0) is 4.74 Å². The van der Waals surface area contributed by atoms with Crippen LogP contribution >= 0.6 is 0 Å². The molecule has 0 aliphatic carbocycles. The summed E-state index contributed by atoms with van der Waals surface area (Å²) in [6.45, 7) is 3.28. The number of hydrogen-bond acceptors (Lipinski definition) is 4. The van der Waals surface area contributed by atoms with Gasteiger partial charge in [-0.1, -0.05) is 18.2 Å². The van der Waals surface area contributed by atoms with Crippen molar-refractivity contribution in [1.82, 2.24) is 9.88 Å². The number of H-pyrrole nitrogens is 1. The summed E-state index contributed by atoms with van der Waals surface area (Å²) >= 11 is 0. The molecule has 0 aliphatic heterocycles. The lowest BCUT2D eigenvalue weighted by Crippen LogP contribution is -2.28. The van der Waals surface area contributed by atoms with E-state index in [-0.39, 0.29) is 5.56 Å². The summed E-state index contributed by atoms with van der Waals surface area (Å²) in [5, 5.41) is 4.92. The van der Waals surface area contributed by atoms with E-state index in [1.807, 2.05) is 37.4 Å². The summed E-state index contributed by atoms with van der Waals surface area (Å²) in [5.74, 6) is 0.758. The number of aromatic nitrogens is 1. The van der Waals surface area contributed by atoms with E-state index < -0.39 is 0 Å². The Bertz CT molecular complexity index is 609. The molecule has 0 spiro atoms. The molecule has 0 radical (unpaired) electrons. The van der Waals surface area contributed by atoms with E-state index in [0.717, 1.165) is 42.8 Å². The Hall–Kier alpha value is -1.85. The highest BCUT2D eigenvalue weighted by Crippen LogP contribution is 2.12. The van der Waals surface area contributed by atoms with E-state index in [4.69, 9.17) is 4.74 Å². The summed E-state index contributed by atoms with van der Waals surface area (Å²) in [6.07, 6.45) is 0. The molecule has 0 atom stereocenters. The molecule has 1 aromatic heterocycles. The molecule has 0 saturated heterocycles. The minimum absolute atomic E-state index is 0.0571. The fraction of sp³-hybridized carbons (Fsp3) is 0.400. The maximum atomic E-state index is 11.9. The smallest absolute Gasteiger partial charge is 0.257 e. The summed E-state index contributed by atoms with van der Waals surface area (Å²) in [6, 6.07) is 9.54. The number of anilines is 1. The van der Waals surface area contributed by atoms with Crippen molar-refractivity contribution in [3.63, 3.8) is 0 Å². The summed E-state index contributed by atoms with van der Waals surface area (Å²) in [4.78, 5) is 16.9. The number of hydrogen-bond donors (Lipinski definition) is 2. The van der Waals surface area contributed by atoms with Gasteiger partial charge in [0.1, 0.15) is 5.82 Å². The number of benzene rings is 1. The van der Waals surface area contributed by atoms with Crippen LogP contribution in [0.3, 0.4) is 0 Å². The summed E-state index contributed by atoms with van der Waals surface area (Å²) in [7, 11) is 3.75. The second-order valence-corrected chi connectivity index (χ2v) is 4.82. The first-order valence-electron chi connectivity index (χ1n) is 6.74. The van der Waals surface area contributed by atoms with Gasteiger partial charge in [0.25, 0.3) is 5.56 Å². The lowest BCUT2D eigenvalue weighted by Gasteiger charge is -2.16. The molecule has 20 heavy (non-hydrogen) atoms. The first-order valence-corrected chi connectivity index (χ1v) is 6.74. The maximum Gasteiger partial charge on any atom is 0.257 e. The Morgan fingerprint density at radius 1 is 1.30 bits per heavy atom. The van der Waals surface area contributed by atoms with Crippen LogP contribution < -0.4 is 10.9 Å². The highest BCUT2D eigenvalue weighted by atomic mass is 16.5. The van der Waals surface area contributed by atoms with Gasteiger partial charge in [-0.05, 0) is 24.6 Å². The standard InChI is InChI=1S/C15H21N3O2/c1-18(9-10-20-2)8-7-16-14-11-12-5-3-4-6-13(12)15(19)17-14/h3-6,11H,7-10H2,1-2H3,(H2,16,17,19). The maximum absolute atomic E-state index is 11.9. The molecule has 0 bridgehead atoms. The molecule has 1 heterocycles. The quantitative estimate of drug-likeness (QED) is 0.804. The molecular weight excluding hydrogens is 254 g/mol. The van der Waals surface area contributed by atoms with Crippen molar-refractivity contribution in [1.29, 1.82) is 0 Å². The second-order valence-electron chi connectivity index (χ2n) is 4.82. The van der Waals surface area contributed by atoms with Gasteiger partial charge in [-0.3, -0.25) is 4.79 Å². The van der Waals surface area contributed by atoms with Crippen molar-refractivity contribution >= 4 is 16.6 Å². The zero-order chi connectivity index (χ0) is 14.4. The van der Waals surface area contributed by atoms with Gasteiger partial charge < -0.3 is 19.9 Å². The molecule has 0 unspecified atom stereocenters. The zero-order valence-corrected chi connectivity index (χ0v) is 12.0. The van der Waals surface area contributed by atoms with Gasteiger partial charge in [0, 0.05) is 32.1 Å². The third kappa shape index (κ3) is 3.82. The van der Waals surface area contributed by atoms with Crippen molar-refractivity contribution < 1.29 is 4.74 Å². The number of nitrogens with zero attached hydrogens (tertiary/aromatic N) is 1. The summed E-state index contributed by atoms with van der Waals surface area (Å²) < 4.78 is 5.03. The largest absolute Gasteiger partial charge is 0.383 e. The second kappa shape index (κ2) is 7.07. The van der Waals surface area contributed by atoms with Gasteiger partial charge in [0.05, 0.1) is 6.61 Å². The van der Waals surface area contributed by atoms with Crippen LogP contribution in [0.15, 0.2) is 35.1 Å². The van der Waals surface area contributed by atoms with Crippen LogP contribution in [0, 0.1) is 0 Å². The van der Waals surface area contributed by atoms with Gasteiger partial charge in [-0.2, -0.15) is 0 Å². The molecule has 1 aromatic carbocycles. The minimum atomic E-state index is -0.0571. The molecule has 5 nitrogen and oxygen atoms in total. The lowest BCUT2D eigenvalue weighted by atomic mass is 10.2. The van der Waals surface area contributed by atoms with E-state index in [0.29, 0.717) is 0 Å². The van der Waals surface area contributed by atoms with Crippen LogP contribution in [0.1, 0.15) is 0 Å². The van der Waals surface area contributed by atoms with E-state index >= 15 is 0 Å². The number of rotatable bonds is 7. The summed E-state index contributed by atoms with van der Waals surface area (Å²) in [5.41, 5.74) is -0.0571. The molecule has 0 aliphatic rings. The molecular formula is C15H21N3O2. The predicted octanol–water partition coefficient (Wildman–Crippen LogP) is 1.52. The number of ether oxygens (including phenoxy) is 1. The molecule has 2 rings (SSSR count). The van der Waals surface area contributed by atoms with Crippen molar-refractivity contribution in [2.24, 2.45) is 0 Å². The molecule has 5 heteroatoms. The lowest BCUT2D eigenvalue weighted by molar-refractivity contribution is 0.163. The number of nitrogens with one attached hydrogen (secondary N) is 2. The number of aromatic amines is 1. The van der Waals surface area contributed by atoms with Crippen LogP contribution in [0.25, 0.3) is 10.8 Å². The Morgan fingerprint density at radius 2 is 2.10 bits per heavy atom. The molecule has 0 fully saturated rings. The monoisotopic (exact) mass is 275 g/mol. The highest BCUT2D eigenvalue weighted by molar-refractivity contribution is 5.83. The topological polar surface area (TPSA) is 57.4 Å². The first kappa shape index (κ1) is 14.6. The van der Waals surface area contributed by atoms with Crippen LogP contribution in [-0.4, -0.2) is 50.3 Å². The van der Waals surface area contributed by atoms with Crippen LogP contribution in [0.4, 0.5) is 5.82 Å². The first-order chi connectivity index (χ1) is 9.70. The van der Waals surface area contributed by atoms with Gasteiger partial charge in [0.2, 0.25) is 0 Å². The minimum Gasteiger partial charge on any atom is -0.383 e. The van der Waals surface area contributed by atoms with E-state index in [1.165, 1.54) is 0 Å². The van der Waals surface area contributed by atoms with Crippen molar-refractivity contribution in [2.75, 3.05) is 45.7 Å². The molecule has 108 valence electrons. The van der Waals surface area contributed by atoms with E-state index in [2.05, 4.69) is 15.2 Å². The third-order valence-corrected chi connectivity index (χ3v) is 3.24. The Kier molecular flexibility index (Phi) is 5.15. The van der Waals surface area contributed by atoms with Crippen LogP contribution in [0.5, 0.6) is 0 Å². The normalized spacial score (nSPS) is 11.2. The number of methoxy groups -OCH3 is 1.